The summed E-state index contributed by atoms with van der Waals surface area (Å²) in [6.45, 7) is 2.40. The Hall–Kier alpha value is -2.53. The maximum atomic E-state index is 11.0. The predicted molar refractivity (Wildman–Crippen MR) is 74.4 cm³/mol. The van der Waals surface area contributed by atoms with Crippen LogP contribution in [0.25, 0.3) is 0 Å². The van der Waals surface area contributed by atoms with E-state index in [0.717, 1.165) is 16.3 Å². The molecule has 0 saturated carbocycles. The van der Waals surface area contributed by atoms with Crippen LogP contribution < -0.4 is 5.32 Å². The van der Waals surface area contributed by atoms with Crippen LogP contribution in [0.3, 0.4) is 0 Å². The van der Waals surface area contributed by atoms with Gasteiger partial charge in [-0.15, -0.1) is 11.3 Å². The van der Waals surface area contributed by atoms with E-state index in [-0.39, 0.29) is 17.1 Å². The molecule has 0 aromatic carbocycles. The largest absolute Gasteiger partial charge is 0.358 e. The number of aromatic nitrogens is 2. The minimum absolute atomic E-state index is 0.141. The molecular formula is C12H11N5O2S. The Kier molecular flexibility index (Phi) is 4.22. The van der Waals surface area contributed by atoms with Gasteiger partial charge in [-0.05, 0) is 6.42 Å². The standard InChI is InChI=1S/C12H11N5O2S/c1-2-9-6-14-11(20-9)7-16-12-10(17(18)19)3-8(4-13)5-15-12/h3,5-6H,2,7H2,1H3,(H,15,16). The first-order valence-corrected chi connectivity index (χ1v) is 6.67. The molecule has 0 radical (unpaired) electrons. The summed E-state index contributed by atoms with van der Waals surface area (Å²) >= 11 is 1.55. The molecule has 8 heteroatoms. The molecule has 0 spiro atoms. The first-order chi connectivity index (χ1) is 9.63. The Bertz CT molecular complexity index is 677. The third kappa shape index (κ3) is 3.07. The van der Waals surface area contributed by atoms with Crippen LogP contribution in [0.5, 0.6) is 0 Å². The lowest BCUT2D eigenvalue weighted by molar-refractivity contribution is -0.384. The van der Waals surface area contributed by atoms with Crippen molar-refractivity contribution >= 4 is 22.8 Å². The second-order valence-electron chi connectivity index (χ2n) is 3.89. The number of hydrogen-bond acceptors (Lipinski definition) is 7. The summed E-state index contributed by atoms with van der Waals surface area (Å²) in [5.41, 5.74) is -0.0545. The summed E-state index contributed by atoms with van der Waals surface area (Å²) in [6, 6.07) is 3.03. The molecule has 0 unspecified atom stereocenters. The fraction of sp³-hybridized carbons (Fsp3) is 0.250. The van der Waals surface area contributed by atoms with Crippen LogP contribution in [-0.2, 0) is 13.0 Å². The lowest BCUT2D eigenvalue weighted by Gasteiger charge is -2.04. The van der Waals surface area contributed by atoms with Crippen LogP contribution in [0.2, 0.25) is 0 Å². The van der Waals surface area contributed by atoms with Crippen LogP contribution >= 0.6 is 11.3 Å². The third-order valence-electron chi connectivity index (χ3n) is 2.55. The number of nitriles is 1. The normalized spacial score (nSPS) is 10.0. The molecule has 0 amide bonds. The smallest absolute Gasteiger partial charge is 0.312 e. The number of nitrogens with zero attached hydrogens (tertiary/aromatic N) is 4. The van der Waals surface area contributed by atoms with Crippen molar-refractivity contribution in [2.45, 2.75) is 19.9 Å². The molecule has 20 heavy (non-hydrogen) atoms. The average molecular weight is 289 g/mol. The number of aryl methyl sites for hydroxylation is 1. The third-order valence-corrected chi connectivity index (χ3v) is 3.69. The Morgan fingerprint density at radius 2 is 2.30 bits per heavy atom. The minimum atomic E-state index is -0.560. The number of hydrogen-bond donors (Lipinski definition) is 1. The molecule has 7 nitrogen and oxygen atoms in total. The van der Waals surface area contributed by atoms with Crippen LogP contribution in [0.1, 0.15) is 22.4 Å². The maximum absolute atomic E-state index is 11.0. The van der Waals surface area contributed by atoms with Gasteiger partial charge >= 0.3 is 5.69 Å². The summed E-state index contributed by atoms with van der Waals surface area (Å²) in [5, 5.41) is 23.4. The molecule has 0 aliphatic rings. The van der Waals surface area contributed by atoms with Gasteiger partial charge in [0.2, 0.25) is 5.82 Å². The highest BCUT2D eigenvalue weighted by molar-refractivity contribution is 7.11. The molecule has 2 aromatic rings. The van der Waals surface area contributed by atoms with E-state index < -0.39 is 4.92 Å². The van der Waals surface area contributed by atoms with Crippen molar-refractivity contribution in [1.82, 2.24) is 9.97 Å². The van der Waals surface area contributed by atoms with Gasteiger partial charge in [-0.3, -0.25) is 10.1 Å². The summed E-state index contributed by atoms with van der Waals surface area (Å²) in [5.74, 6) is 0.141. The number of anilines is 1. The van der Waals surface area contributed by atoms with E-state index in [0.29, 0.717) is 6.54 Å². The van der Waals surface area contributed by atoms with Gasteiger partial charge in [-0.2, -0.15) is 5.26 Å². The van der Waals surface area contributed by atoms with Gasteiger partial charge in [0.1, 0.15) is 11.1 Å². The Morgan fingerprint density at radius 3 is 2.90 bits per heavy atom. The van der Waals surface area contributed by atoms with Gasteiger partial charge in [0, 0.05) is 23.3 Å². The van der Waals surface area contributed by atoms with Gasteiger partial charge in [-0.25, -0.2) is 9.97 Å². The summed E-state index contributed by atoms with van der Waals surface area (Å²) in [7, 11) is 0. The second kappa shape index (κ2) is 6.08. The van der Waals surface area contributed by atoms with Crippen LogP contribution in [0.4, 0.5) is 11.5 Å². The molecular weight excluding hydrogens is 278 g/mol. The first-order valence-electron chi connectivity index (χ1n) is 5.86. The van der Waals surface area contributed by atoms with E-state index in [9.17, 15) is 10.1 Å². The van der Waals surface area contributed by atoms with Crippen LogP contribution in [-0.4, -0.2) is 14.9 Å². The zero-order chi connectivity index (χ0) is 14.5. The Balaban J connectivity index is 2.16. The van der Waals surface area contributed by atoms with E-state index in [1.807, 2.05) is 13.0 Å². The quantitative estimate of drug-likeness (QED) is 0.669. The lowest BCUT2D eigenvalue weighted by atomic mass is 10.3. The van der Waals surface area contributed by atoms with E-state index in [1.54, 1.807) is 17.5 Å². The van der Waals surface area contributed by atoms with Gasteiger partial charge in [0.15, 0.2) is 0 Å². The van der Waals surface area contributed by atoms with E-state index in [2.05, 4.69) is 15.3 Å². The van der Waals surface area contributed by atoms with E-state index in [4.69, 9.17) is 5.26 Å². The number of rotatable bonds is 5. The Morgan fingerprint density at radius 1 is 1.50 bits per heavy atom. The molecule has 1 N–H and O–H groups in total. The second-order valence-corrected chi connectivity index (χ2v) is 5.09. The number of thiazole rings is 1. The monoisotopic (exact) mass is 289 g/mol. The van der Waals surface area contributed by atoms with Crippen molar-refractivity contribution in [2.75, 3.05) is 5.32 Å². The number of nitrogens with one attached hydrogen (secondary N) is 1. The van der Waals surface area contributed by atoms with Crippen molar-refractivity contribution in [2.24, 2.45) is 0 Å². The zero-order valence-electron chi connectivity index (χ0n) is 10.7. The molecule has 0 atom stereocenters. The predicted octanol–water partition coefficient (Wildman–Crippen LogP) is 2.49. The van der Waals surface area contributed by atoms with Gasteiger partial charge in [0.05, 0.1) is 17.0 Å². The number of nitro groups is 1. The molecule has 2 heterocycles. The van der Waals surface area contributed by atoms with Crippen molar-refractivity contribution in [3.05, 3.63) is 44.0 Å². The maximum Gasteiger partial charge on any atom is 0.312 e. The van der Waals surface area contributed by atoms with Gasteiger partial charge in [-0.1, -0.05) is 6.92 Å². The highest BCUT2D eigenvalue weighted by Crippen LogP contribution is 2.23. The van der Waals surface area contributed by atoms with Crippen molar-refractivity contribution in [1.29, 1.82) is 5.26 Å². The molecule has 102 valence electrons. The van der Waals surface area contributed by atoms with Crippen molar-refractivity contribution < 1.29 is 4.92 Å². The SMILES string of the molecule is CCc1cnc(CNc2ncc(C#N)cc2[N+](=O)[O-])s1. The van der Waals surface area contributed by atoms with Gasteiger partial charge < -0.3 is 5.32 Å². The van der Waals surface area contributed by atoms with Gasteiger partial charge in [0.25, 0.3) is 0 Å². The topological polar surface area (TPSA) is 105 Å². The molecule has 2 aromatic heterocycles. The molecule has 2 rings (SSSR count). The minimum Gasteiger partial charge on any atom is -0.358 e. The lowest BCUT2D eigenvalue weighted by Crippen LogP contribution is -2.04. The highest BCUT2D eigenvalue weighted by atomic mass is 32.1. The number of pyridine rings is 1. The molecule has 0 aliphatic heterocycles. The average Bonchev–Trinajstić information content (AvgIpc) is 2.92. The van der Waals surface area contributed by atoms with Crippen LogP contribution in [0, 0.1) is 21.4 Å². The summed E-state index contributed by atoms with van der Waals surface area (Å²) in [4.78, 5) is 19.7. The summed E-state index contributed by atoms with van der Waals surface area (Å²) in [6.07, 6.45) is 4.00. The van der Waals surface area contributed by atoms with E-state index in [1.165, 1.54) is 12.3 Å². The van der Waals surface area contributed by atoms with Crippen molar-refractivity contribution in [3.8, 4) is 6.07 Å². The Labute approximate surface area is 119 Å². The summed E-state index contributed by atoms with van der Waals surface area (Å²) < 4.78 is 0. The molecule has 0 saturated heterocycles. The highest BCUT2D eigenvalue weighted by Gasteiger charge is 2.16. The molecule has 0 bridgehead atoms. The van der Waals surface area contributed by atoms with E-state index >= 15 is 0 Å². The first kappa shape index (κ1) is 13.9. The van der Waals surface area contributed by atoms with Crippen molar-refractivity contribution in [3.63, 3.8) is 0 Å². The fourth-order valence-corrected chi connectivity index (χ4v) is 2.34. The molecule has 0 fully saturated rings. The fourth-order valence-electron chi connectivity index (χ4n) is 1.54. The van der Waals surface area contributed by atoms with Crippen LogP contribution in [0.15, 0.2) is 18.5 Å². The molecule has 0 aliphatic carbocycles. The zero-order valence-corrected chi connectivity index (χ0v) is 11.5.